The Kier molecular flexibility index (Phi) is 4.70. The third-order valence-electron chi connectivity index (χ3n) is 3.53. The fourth-order valence-corrected chi connectivity index (χ4v) is 2.33. The van der Waals surface area contributed by atoms with Gasteiger partial charge in [0, 0.05) is 34.9 Å². The van der Waals surface area contributed by atoms with Crippen molar-refractivity contribution in [1.82, 2.24) is 15.0 Å². The third-order valence-corrected chi connectivity index (χ3v) is 3.53. The van der Waals surface area contributed by atoms with Gasteiger partial charge in [0.25, 0.3) is 0 Å². The van der Waals surface area contributed by atoms with E-state index in [1.807, 2.05) is 69.6 Å². The number of ether oxygens (including phenoxy) is 1. The number of nitrogens with one attached hydrogen (secondary N) is 1. The van der Waals surface area contributed by atoms with E-state index in [0.717, 1.165) is 28.3 Å². The summed E-state index contributed by atoms with van der Waals surface area (Å²) in [6, 6.07) is 11.8. The molecule has 3 heterocycles. The lowest BCUT2D eigenvalue weighted by molar-refractivity contribution is 0.341. The molecule has 0 spiro atoms. The van der Waals surface area contributed by atoms with Crippen molar-refractivity contribution in [2.45, 2.75) is 20.8 Å². The summed E-state index contributed by atoms with van der Waals surface area (Å²) in [4.78, 5) is 13.3. The molecule has 0 aliphatic carbocycles. The first-order chi connectivity index (χ1) is 11.7. The Balaban J connectivity index is 1.93. The van der Waals surface area contributed by atoms with Crippen LogP contribution < -0.4 is 10.1 Å². The van der Waals surface area contributed by atoms with E-state index in [1.165, 1.54) is 0 Å². The molecule has 0 radical (unpaired) electrons. The maximum absolute atomic E-state index is 5.75. The minimum atomic E-state index is 0.563. The van der Waals surface area contributed by atoms with Crippen LogP contribution in [0.4, 0.5) is 11.6 Å². The van der Waals surface area contributed by atoms with E-state index in [4.69, 9.17) is 4.74 Å². The summed E-state index contributed by atoms with van der Waals surface area (Å²) in [6.45, 7) is 6.44. The SMILES string of the molecule is CCOc1cc(-c2ccc(C)nc2)cnc1Nc1cccc(C)n1. The van der Waals surface area contributed by atoms with Crippen molar-refractivity contribution >= 4 is 11.6 Å². The van der Waals surface area contributed by atoms with Gasteiger partial charge < -0.3 is 10.1 Å². The molecule has 5 nitrogen and oxygen atoms in total. The molecule has 1 N–H and O–H groups in total. The van der Waals surface area contributed by atoms with Gasteiger partial charge in [-0.25, -0.2) is 9.97 Å². The standard InChI is InChI=1S/C19H20N4O/c1-4-24-17-10-16(15-9-8-13(2)20-11-15)12-21-19(17)23-18-7-5-6-14(3)22-18/h5-12H,4H2,1-3H3,(H,21,22,23). The van der Waals surface area contributed by atoms with E-state index in [0.29, 0.717) is 18.2 Å². The minimum absolute atomic E-state index is 0.563. The minimum Gasteiger partial charge on any atom is -0.490 e. The lowest BCUT2D eigenvalue weighted by atomic mass is 10.1. The summed E-state index contributed by atoms with van der Waals surface area (Å²) in [7, 11) is 0. The maximum atomic E-state index is 5.75. The van der Waals surface area contributed by atoms with Gasteiger partial charge in [0.05, 0.1) is 6.61 Å². The lowest BCUT2D eigenvalue weighted by Crippen LogP contribution is -2.02. The van der Waals surface area contributed by atoms with Crippen molar-refractivity contribution in [3.8, 4) is 16.9 Å². The second-order valence-corrected chi connectivity index (χ2v) is 5.48. The third kappa shape index (κ3) is 3.68. The molecule has 0 amide bonds. The molecular weight excluding hydrogens is 300 g/mol. The van der Waals surface area contributed by atoms with Crippen molar-refractivity contribution in [3.05, 3.63) is 60.2 Å². The van der Waals surface area contributed by atoms with Crippen LogP contribution in [0, 0.1) is 13.8 Å². The fraction of sp³-hybridized carbons (Fsp3) is 0.211. The zero-order valence-electron chi connectivity index (χ0n) is 14.1. The van der Waals surface area contributed by atoms with Gasteiger partial charge in [-0.15, -0.1) is 0 Å². The zero-order valence-corrected chi connectivity index (χ0v) is 14.1. The largest absolute Gasteiger partial charge is 0.490 e. The number of rotatable bonds is 5. The van der Waals surface area contributed by atoms with E-state index < -0.39 is 0 Å². The topological polar surface area (TPSA) is 59.9 Å². The number of hydrogen-bond donors (Lipinski definition) is 1. The second kappa shape index (κ2) is 7.08. The van der Waals surface area contributed by atoms with Crippen LogP contribution in [0.15, 0.2) is 48.8 Å². The number of anilines is 2. The van der Waals surface area contributed by atoms with E-state index in [-0.39, 0.29) is 0 Å². The number of hydrogen-bond acceptors (Lipinski definition) is 5. The Hall–Kier alpha value is -2.95. The highest BCUT2D eigenvalue weighted by Crippen LogP contribution is 2.30. The quantitative estimate of drug-likeness (QED) is 0.759. The van der Waals surface area contributed by atoms with E-state index in [2.05, 4.69) is 20.3 Å². The molecule has 0 saturated carbocycles. The molecule has 0 aliphatic rings. The van der Waals surface area contributed by atoms with Crippen molar-refractivity contribution in [2.24, 2.45) is 0 Å². The molecule has 122 valence electrons. The van der Waals surface area contributed by atoms with Crippen LogP contribution in [-0.4, -0.2) is 21.6 Å². The Labute approximate surface area is 141 Å². The van der Waals surface area contributed by atoms with Gasteiger partial charge in [0.2, 0.25) is 0 Å². The number of aryl methyl sites for hydroxylation is 2. The zero-order chi connectivity index (χ0) is 16.9. The van der Waals surface area contributed by atoms with E-state index in [1.54, 1.807) is 0 Å². The van der Waals surface area contributed by atoms with Gasteiger partial charge in [-0.3, -0.25) is 4.98 Å². The smallest absolute Gasteiger partial charge is 0.174 e. The van der Waals surface area contributed by atoms with Crippen LogP contribution in [0.1, 0.15) is 18.3 Å². The van der Waals surface area contributed by atoms with Crippen molar-refractivity contribution in [2.75, 3.05) is 11.9 Å². The highest BCUT2D eigenvalue weighted by Gasteiger charge is 2.09. The molecule has 0 aliphatic heterocycles. The maximum Gasteiger partial charge on any atom is 0.174 e. The summed E-state index contributed by atoms with van der Waals surface area (Å²) in [5.74, 6) is 2.09. The summed E-state index contributed by atoms with van der Waals surface area (Å²) in [5, 5.41) is 3.22. The predicted octanol–water partition coefficient (Wildman–Crippen LogP) is 4.30. The second-order valence-electron chi connectivity index (χ2n) is 5.48. The molecule has 0 aromatic carbocycles. The van der Waals surface area contributed by atoms with Crippen LogP contribution in [-0.2, 0) is 0 Å². The van der Waals surface area contributed by atoms with Gasteiger partial charge in [0.1, 0.15) is 5.82 Å². The van der Waals surface area contributed by atoms with Crippen molar-refractivity contribution < 1.29 is 4.74 Å². The molecule has 24 heavy (non-hydrogen) atoms. The van der Waals surface area contributed by atoms with E-state index >= 15 is 0 Å². The van der Waals surface area contributed by atoms with Gasteiger partial charge in [-0.05, 0) is 45.0 Å². The Bertz CT molecular complexity index is 831. The summed E-state index contributed by atoms with van der Waals surface area (Å²) < 4.78 is 5.75. The molecule has 3 aromatic heterocycles. The van der Waals surface area contributed by atoms with E-state index in [9.17, 15) is 0 Å². The van der Waals surface area contributed by atoms with Crippen LogP contribution in [0.5, 0.6) is 5.75 Å². The normalized spacial score (nSPS) is 10.5. The lowest BCUT2D eigenvalue weighted by Gasteiger charge is -2.13. The van der Waals surface area contributed by atoms with Crippen LogP contribution in [0.25, 0.3) is 11.1 Å². The van der Waals surface area contributed by atoms with Gasteiger partial charge in [0.15, 0.2) is 11.6 Å². The molecule has 0 fully saturated rings. The highest BCUT2D eigenvalue weighted by molar-refractivity contribution is 5.69. The predicted molar refractivity (Wildman–Crippen MR) is 95.6 cm³/mol. The first-order valence-electron chi connectivity index (χ1n) is 7.92. The molecule has 0 unspecified atom stereocenters. The van der Waals surface area contributed by atoms with Gasteiger partial charge in [-0.1, -0.05) is 12.1 Å². The average molecular weight is 320 g/mol. The van der Waals surface area contributed by atoms with Gasteiger partial charge >= 0.3 is 0 Å². The molecular formula is C19H20N4O. The number of pyridine rings is 3. The Morgan fingerprint density at radius 1 is 0.958 bits per heavy atom. The van der Waals surface area contributed by atoms with Crippen molar-refractivity contribution in [3.63, 3.8) is 0 Å². The van der Waals surface area contributed by atoms with Gasteiger partial charge in [-0.2, -0.15) is 0 Å². The molecule has 3 rings (SSSR count). The summed E-state index contributed by atoms with van der Waals surface area (Å²) in [5.41, 5.74) is 3.91. The number of nitrogens with zero attached hydrogens (tertiary/aromatic N) is 3. The van der Waals surface area contributed by atoms with Crippen LogP contribution in [0.2, 0.25) is 0 Å². The summed E-state index contributed by atoms with van der Waals surface area (Å²) >= 11 is 0. The number of aromatic nitrogens is 3. The monoisotopic (exact) mass is 320 g/mol. The molecule has 0 bridgehead atoms. The molecule has 5 heteroatoms. The first-order valence-corrected chi connectivity index (χ1v) is 7.92. The van der Waals surface area contributed by atoms with Crippen LogP contribution in [0.3, 0.4) is 0 Å². The molecule has 3 aromatic rings. The first kappa shape index (κ1) is 15.9. The Morgan fingerprint density at radius 2 is 1.79 bits per heavy atom. The molecule has 0 atom stereocenters. The highest BCUT2D eigenvalue weighted by atomic mass is 16.5. The summed E-state index contributed by atoms with van der Waals surface area (Å²) in [6.07, 6.45) is 3.66. The van der Waals surface area contributed by atoms with Crippen LogP contribution >= 0.6 is 0 Å². The fourth-order valence-electron chi connectivity index (χ4n) is 2.33. The average Bonchev–Trinajstić information content (AvgIpc) is 2.57. The van der Waals surface area contributed by atoms with Crippen molar-refractivity contribution in [1.29, 1.82) is 0 Å². The Morgan fingerprint density at radius 3 is 2.50 bits per heavy atom. The molecule has 0 saturated heterocycles.